The first-order chi connectivity index (χ1) is 12.5. The summed E-state index contributed by atoms with van der Waals surface area (Å²) in [6, 6.07) is 1.93. The molecule has 0 amide bonds. The SMILES string of the molecule is CCNC(=NCC(C)(O)CN1CCOCC1)NCC(C)Cn1cccn1.I. The molecule has 8 nitrogen and oxygen atoms in total. The van der Waals surface area contributed by atoms with Crippen LogP contribution in [0.2, 0.25) is 0 Å². The molecule has 2 atom stereocenters. The zero-order chi connectivity index (χ0) is 18.8. The Bertz CT molecular complexity index is 532. The normalized spacial score (nSPS) is 19.0. The van der Waals surface area contributed by atoms with Crippen molar-refractivity contribution >= 4 is 29.9 Å². The number of rotatable bonds is 9. The summed E-state index contributed by atoms with van der Waals surface area (Å²) in [6.45, 7) is 12.6. The number of β-amino-alcohol motifs (C(OH)–C–C–N with tert-alkyl or cyclic N) is 1. The Kier molecular flexibility index (Phi) is 11.2. The van der Waals surface area contributed by atoms with Crippen LogP contribution in [0.25, 0.3) is 0 Å². The average molecular weight is 494 g/mol. The lowest BCUT2D eigenvalue weighted by atomic mass is 10.1. The van der Waals surface area contributed by atoms with Gasteiger partial charge < -0.3 is 20.5 Å². The molecule has 27 heavy (non-hydrogen) atoms. The summed E-state index contributed by atoms with van der Waals surface area (Å²) in [5.74, 6) is 1.15. The highest BCUT2D eigenvalue weighted by Crippen LogP contribution is 2.09. The predicted molar refractivity (Wildman–Crippen MR) is 119 cm³/mol. The van der Waals surface area contributed by atoms with E-state index in [2.05, 4.69) is 32.5 Å². The standard InChI is InChI=1S/C18H34N6O2.HI/c1-4-19-17(20-12-16(2)13-24-7-5-6-22-24)21-14-18(3,25)15-23-8-10-26-11-9-23;/h5-7,16,25H,4,8-15H2,1-3H3,(H2,19,20,21);1H. The van der Waals surface area contributed by atoms with Gasteiger partial charge >= 0.3 is 0 Å². The molecule has 2 heterocycles. The topological polar surface area (TPSA) is 86.9 Å². The first-order valence-corrected chi connectivity index (χ1v) is 9.50. The van der Waals surface area contributed by atoms with Gasteiger partial charge in [-0.05, 0) is 25.8 Å². The summed E-state index contributed by atoms with van der Waals surface area (Å²) in [5.41, 5.74) is -0.861. The van der Waals surface area contributed by atoms with Crippen LogP contribution in [0.4, 0.5) is 0 Å². The van der Waals surface area contributed by atoms with Gasteiger partial charge in [0.15, 0.2) is 5.96 Å². The Morgan fingerprint density at radius 2 is 2.11 bits per heavy atom. The van der Waals surface area contributed by atoms with Crippen LogP contribution in [0, 0.1) is 5.92 Å². The molecular weight excluding hydrogens is 459 g/mol. The van der Waals surface area contributed by atoms with Gasteiger partial charge in [0.2, 0.25) is 0 Å². The zero-order valence-corrected chi connectivity index (χ0v) is 19.1. The van der Waals surface area contributed by atoms with Crippen LogP contribution < -0.4 is 10.6 Å². The summed E-state index contributed by atoms with van der Waals surface area (Å²) in [5, 5.41) is 21.5. The van der Waals surface area contributed by atoms with Crippen molar-refractivity contribution in [2.24, 2.45) is 10.9 Å². The third-order valence-electron chi connectivity index (χ3n) is 4.27. The van der Waals surface area contributed by atoms with Crippen molar-refractivity contribution in [2.75, 3.05) is 52.5 Å². The molecule has 156 valence electrons. The van der Waals surface area contributed by atoms with E-state index in [0.717, 1.165) is 51.9 Å². The highest BCUT2D eigenvalue weighted by Gasteiger charge is 2.25. The molecule has 9 heteroatoms. The summed E-state index contributed by atoms with van der Waals surface area (Å²) < 4.78 is 7.29. The number of aromatic nitrogens is 2. The van der Waals surface area contributed by atoms with Gasteiger partial charge in [0, 0.05) is 51.7 Å². The fraction of sp³-hybridized carbons (Fsp3) is 0.778. The van der Waals surface area contributed by atoms with Crippen molar-refractivity contribution in [3.05, 3.63) is 18.5 Å². The molecule has 2 rings (SSSR count). The number of halogens is 1. The molecule has 0 aromatic carbocycles. The molecule has 2 unspecified atom stereocenters. The molecule has 3 N–H and O–H groups in total. The Labute approximate surface area is 179 Å². The van der Waals surface area contributed by atoms with Crippen molar-refractivity contribution in [2.45, 2.75) is 32.9 Å². The number of aliphatic hydroxyl groups is 1. The minimum Gasteiger partial charge on any atom is -0.387 e. The van der Waals surface area contributed by atoms with E-state index < -0.39 is 5.60 Å². The Morgan fingerprint density at radius 3 is 2.74 bits per heavy atom. The van der Waals surface area contributed by atoms with Gasteiger partial charge in [-0.1, -0.05) is 6.92 Å². The van der Waals surface area contributed by atoms with E-state index in [1.807, 2.05) is 30.8 Å². The number of hydrogen-bond acceptors (Lipinski definition) is 5. The zero-order valence-electron chi connectivity index (χ0n) is 16.7. The number of nitrogens with one attached hydrogen (secondary N) is 2. The number of aliphatic imine (C=N–C) groups is 1. The number of nitrogens with zero attached hydrogens (tertiary/aromatic N) is 4. The highest BCUT2D eigenvalue weighted by atomic mass is 127. The first kappa shape index (κ1) is 24.1. The minimum atomic E-state index is -0.861. The molecule has 1 aliphatic heterocycles. The second kappa shape index (κ2) is 12.5. The fourth-order valence-corrected chi connectivity index (χ4v) is 2.95. The summed E-state index contributed by atoms with van der Waals surface area (Å²) in [4.78, 5) is 6.81. The van der Waals surface area contributed by atoms with Crippen LogP contribution in [-0.4, -0.2) is 83.8 Å². The Hall–Kier alpha value is -0.910. The van der Waals surface area contributed by atoms with Crippen LogP contribution in [0.15, 0.2) is 23.5 Å². The molecule has 1 saturated heterocycles. The Balaban J connectivity index is 0.00000364. The number of hydrogen-bond donors (Lipinski definition) is 3. The number of morpholine rings is 1. The minimum absolute atomic E-state index is 0. The van der Waals surface area contributed by atoms with E-state index in [0.29, 0.717) is 19.0 Å². The summed E-state index contributed by atoms with van der Waals surface area (Å²) in [7, 11) is 0. The molecule has 0 spiro atoms. The monoisotopic (exact) mass is 494 g/mol. The van der Waals surface area contributed by atoms with Gasteiger partial charge in [-0.3, -0.25) is 14.6 Å². The predicted octanol–water partition coefficient (Wildman–Crippen LogP) is 0.776. The molecular formula is C18H35IN6O2. The van der Waals surface area contributed by atoms with Crippen molar-refractivity contribution in [3.63, 3.8) is 0 Å². The van der Waals surface area contributed by atoms with Crippen molar-refractivity contribution < 1.29 is 9.84 Å². The second-order valence-corrected chi connectivity index (χ2v) is 7.29. The molecule has 1 aromatic rings. The lowest BCUT2D eigenvalue weighted by molar-refractivity contribution is -0.0179. The average Bonchev–Trinajstić information content (AvgIpc) is 3.11. The third kappa shape index (κ3) is 9.72. The van der Waals surface area contributed by atoms with Crippen molar-refractivity contribution in [3.8, 4) is 0 Å². The quantitative estimate of drug-likeness (QED) is 0.267. The van der Waals surface area contributed by atoms with E-state index in [1.54, 1.807) is 6.20 Å². The molecule has 0 saturated carbocycles. The van der Waals surface area contributed by atoms with Gasteiger partial charge in [0.25, 0.3) is 0 Å². The molecule has 0 aliphatic carbocycles. The Morgan fingerprint density at radius 1 is 1.37 bits per heavy atom. The maximum absolute atomic E-state index is 10.7. The first-order valence-electron chi connectivity index (χ1n) is 9.50. The van der Waals surface area contributed by atoms with Crippen LogP contribution >= 0.6 is 24.0 Å². The largest absolute Gasteiger partial charge is 0.387 e. The van der Waals surface area contributed by atoms with Gasteiger partial charge in [0.05, 0.1) is 25.4 Å². The van der Waals surface area contributed by atoms with E-state index in [4.69, 9.17) is 4.74 Å². The number of ether oxygens (including phenoxy) is 1. The molecule has 0 radical (unpaired) electrons. The van der Waals surface area contributed by atoms with Crippen LogP contribution in [0.1, 0.15) is 20.8 Å². The second-order valence-electron chi connectivity index (χ2n) is 7.29. The van der Waals surface area contributed by atoms with E-state index in [9.17, 15) is 5.11 Å². The summed E-state index contributed by atoms with van der Waals surface area (Å²) >= 11 is 0. The maximum Gasteiger partial charge on any atom is 0.191 e. The van der Waals surface area contributed by atoms with E-state index in [-0.39, 0.29) is 24.0 Å². The summed E-state index contributed by atoms with van der Waals surface area (Å²) in [6.07, 6.45) is 3.76. The van der Waals surface area contributed by atoms with E-state index in [1.165, 1.54) is 0 Å². The number of guanidine groups is 1. The van der Waals surface area contributed by atoms with Gasteiger partial charge in [-0.15, -0.1) is 24.0 Å². The lowest BCUT2D eigenvalue weighted by Gasteiger charge is -2.33. The lowest BCUT2D eigenvalue weighted by Crippen LogP contribution is -2.48. The highest BCUT2D eigenvalue weighted by molar-refractivity contribution is 14.0. The smallest absolute Gasteiger partial charge is 0.191 e. The molecule has 0 bridgehead atoms. The van der Waals surface area contributed by atoms with Crippen LogP contribution in [0.5, 0.6) is 0 Å². The fourth-order valence-electron chi connectivity index (χ4n) is 2.95. The molecule has 1 fully saturated rings. The van der Waals surface area contributed by atoms with Gasteiger partial charge in [-0.25, -0.2) is 0 Å². The van der Waals surface area contributed by atoms with Crippen molar-refractivity contribution in [1.29, 1.82) is 0 Å². The van der Waals surface area contributed by atoms with E-state index >= 15 is 0 Å². The molecule has 1 aromatic heterocycles. The van der Waals surface area contributed by atoms with Gasteiger partial charge in [-0.2, -0.15) is 5.10 Å². The van der Waals surface area contributed by atoms with Crippen LogP contribution in [0.3, 0.4) is 0 Å². The maximum atomic E-state index is 10.7. The van der Waals surface area contributed by atoms with Crippen LogP contribution in [-0.2, 0) is 11.3 Å². The molecule has 1 aliphatic rings. The third-order valence-corrected chi connectivity index (χ3v) is 4.27. The van der Waals surface area contributed by atoms with Crippen molar-refractivity contribution in [1.82, 2.24) is 25.3 Å². The van der Waals surface area contributed by atoms with Gasteiger partial charge in [0.1, 0.15) is 0 Å².